The predicted octanol–water partition coefficient (Wildman–Crippen LogP) is 4.92. The van der Waals surface area contributed by atoms with E-state index in [9.17, 15) is 14.0 Å². The van der Waals surface area contributed by atoms with Gasteiger partial charge in [0, 0.05) is 56.4 Å². The van der Waals surface area contributed by atoms with Gasteiger partial charge in [0.05, 0.1) is 20.9 Å². The fraction of sp³-hybridized carbons (Fsp3) is 0.172. The summed E-state index contributed by atoms with van der Waals surface area (Å²) in [5.74, 6) is -1.44. The predicted molar refractivity (Wildman–Crippen MR) is 154 cm³/mol. The Labute approximate surface area is 237 Å². The van der Waals surface area contributed by atoms with Crippen LogP contribution >= 0.6 is 11.3 Å². The highest BCUT2D eigenvalue weighted by atomic mass is 32.1. The van der Waals surface area contributed by atoms with Crippen molar-refractivity contribution in [2.45, 2.75) is 0 Å². The van der Waals surface area contributed by atoms with Gasteiger partial charge in [0.1, 0.15) is 17.1 Å². The molecule has 0 radical (unpaired) electrons. The third-order valence-corrected chi connectivity index (χ3v) is 7.95. The minimum Gasteiger partial charge on any atom is -0.453 e. The molecule has 1 amide bonds. The summed E-state index contributed by atoms with van der Waals surface area (Å²) < 4.78 is 36.1. The first kappa shape index (κ1) is 26.5. The number of amides is 1. The molecule has 0 spiro atoms. The summed E-state index contributed by atoms with van der Waals surface area (Å²) in [4.78, 5) is 34.8. The molecule has 0 unspecified atom stereocenters. The normalized spacial score (nSPS) is 13.9. The average molecular weight is 575 g/mol. The molecule has 9 nitrogen and oxygen atoms in total. The van der Waals surface area contributed by atoms with Crippen molar-refractivity contribution in [3.05, 3.63) is 101 Å². The number of carbonyl (C=O) groups is 1. The number of piperazine rings is 1. The zero-order valence-electron chi connectivity index (χ0n) is 21.9. The molecule has 0 atom stereocenters. The molecular weight excluding hydrogens is 550 g/mol. The van der Waals surface area contributed by atoms with E-state index in [1.54, 1.807) is 23.6 Å². The van der Waals surface area contributed by atoms with Crippen molar-refractivity contribution in [1.82, 2.24) is 19.7 Å². The molecular formula is C29H24F2N6O3S. The number of hydrogen-bond donors (Lipinski definition) is 1. The van der Waals surface area contributed by atoms with Crippen molar-refractivity contribution in [2.75, 3.05) is 43.4 Å². The maximum atomic E-state index is 15.1. The Bertz CT molecular complexity index is 1800. The lowest BCUT2D eigenvalue weighted by molar-refractivity contribution is 0.102. The number of thiophene rings is 1. The fourth-order valence-electron chi connectivity index (χ4n) is 4.49. The van der Waals surface area contributed by atoms with E-state index in [1.807, 2.05) is 6.07 Å². The average Bonchev–Trinajstić information content (AvgIpc) is 3.41. The van der Waals surface area contributed by atoms with Gasteiger partial charge in [0.25, 0.3) is 11.5 Å². The maximum Gasteiger partial charge on any atom is 0.284 e. The quantitative estimate of drug-likeness (QED) is 0.308. The lowest BCUT2D eigenvalue weighted by Gasteiger charge is -2.32. The number of rotatable bonds is 6. The Morgan fingerprint density at radius 1 is 0.951 bits per heavy atom. The highest BCUT2D eigenvalue weighted by molar-refractivity contribution is 7.23. The number of ether oxygens (including phenoxy) is 1. The van der Waals surface area contributed by atoms with Crippen LogP contribution in [-0.4, -0.2) is 58.8 Å². The van der Waals surface area contributed by atoms with Crippen LogP contribution in [0.15, 0.2) is 77.9 Å². The Balaban J connectivity index is 1.19. The number of nitrogens with zero attached hydrogens (tertiary/aromatic N) is 5. The topological polar surface area (TPSA) is 92.6 Å². The van der Waals surface area contributed by atoms with Gasteiger partial charge in [0.15, 0.2) is 11.6 Å². The number of anilines is 2. The molecule has 1 fully saturated rings. The van der Waals surface area contributed by atoms with E-state index < -0.39 is 23.1 Å². The summed E-state index contributed by atoms with van der Waals surface area (Å²) >= 11 is 1.55. The number of fused-ring (bicyclic) bond motifs is 1. The number of carbonyl (C=O) groups excluding carboxylic acids is 1. The standard InChI is InChI=1S/C29H24F2N6O3S/c1-35-12-14-36(15-13-35)26-17-23-27(41-26)25(9-10-32-23)40-24-7-4-19(16-22(24)31)34-28(38)21-8-11-33-37(29(21)39)20-5-2-18(30)3-6-20/h2-11,16-17H,12-15H2,1H3,(H,34,38). The largest absolute Gasteiger partial charge is 0.453 e. The van der Waals surface area contributed by atoms with Crippen LogP contribution in [0.1, 0.15) is 10.4 Å². The molecule has 208 valence electrons. The van der Waals surface area contributed by atoms with Gasteiger partial charge in [-0.15, -0.1) is 11.3 Å². The van der Waals surface area contributed by atoms with Gasteiger partial charge in [-0.3, -0.25) is 14.6 Å². The van der Waals surface area contributed by atoms with Crippen molar-refractivity contribution in [2.24, 2.45) is 0 Å². The number of aromatic nitrogens is 3. The van der Waals surface area contributed by atoms with Crippen LogP contribution < -0.4 is 20.5 Å². The van der Waals surface area contributed by atoms with E-state index in [0.717, 1.165) is 52.1 Å². The summed E-state index contributed by atoms with van der Waals surface area (Å²) in [6.45, 7) is 3.79. The van der Waals surface area contributed by atoms with Crippen molar-refractivity contribution in [3.8, 4) is 17.2 Å². The van der Waals surface area contributed by atoms with Gasteiger partial charge >= 0.3 is 0 Å². The van der Waals surface area contributed by atoms with Gasteiger partial charge in [-0.2, -0.15) is 9.78 Å². The highest BCUT2D eigenvalue weighted by Crippen LogP contribution is 2.39. The molecule has 0 saturated carbocycles. The second kappa shape index (κ2) is 11.1. The van der Waals surface area contributed by atoms with Crippen LogP contribution in [0.2, 0.25) is 0 Å². The van der Waals surface area contributed by atoms with Gasteiger partial charge < -0.3 is 19.9 Å². The molecule has 0 aliphatic carbocycles. The smallest absolute Gasteiger partial charge is 0.284 e. The zero-order valence-corrected chi connectivity index (χ0v) is 22.7. The Kier molecular flexibility index (Phi) is 7.16. The number of likely N-dealkylation sites (N-methyl/N-ethyl adjacent to an activating group) is 1. The third kappa shape index (κ3) is 5.52. The monoisotopic (exact) mass is 574 g/mol. The Morgan fingerprint density at radius 3 is 2.49 bits per heavy atom. The molecule has 1 N–H and O–H groups in total. The van der Waals surface area contributed by atoms with Gasteiger partial charge in [0.2, 0.25) is 0 Å². The van der Waals surface area contributed by atoms with Gasteiger partial charge in [-0.1, -0.05) is 0 Å². The minimum absolute atomic E-state index is 0.0207. The number of halogens is 2. The summed E-state index contributed by atoms with van der Waals surface area (Å²) in [5, 5.41) is 7.59. The van der Waals surface area contributed by atoms with E-state index in [-0.39, 0.29) is 17.0 Å². The van der Waals surface area contributed by atoms with Crippen LogP contribution in [0, 0.1) is 11.6 Å². The summed E-state index contributed by atoms with van der Waals surface area (Å²) in [6.07, 6.45) is 2.91. The first-order valence-electron chi connectivity index (χ1n) is 12.8. The van der Waals surface area contributed by atoms with E-state index >= 15 is 4.39 Å². The van der Waals surface area contributed by atoms with E-state index in [0.29, 0.717) is 11.4 Å². The van der Waals surface area contributed by atoms with Crippen LogP contribution in [0.4, 0.5) is 19.5 Å². The van der Waals surface area contributed by atoms with Crippen molar-refractivity contribution in [1.29, 1.82) is 0 Å². The van der Waals surface area contributed by atoms with Crippen LogP contribution in [0.25, 0.3) is 15.9 Å². The molecule has 2 aromatic carbocycles. The number of benzene rings is 2. The molecule has 3 aromatic heterocycles. The molecule has 12 heteroatoms. The Hall–Kier alpha value is -4.68. The lowest BCUT2D eigenvalue weighted by atomic mass is 10.2. The van der Waals surface area contributed by atoms with Gasteiger partial charge in [-0.05, 0) is 55.6 Å². The van der Waals surface area contributed by atoms with Crippen LogP contribution in [0.3, 0.4) is 0 Å². The van der Waals surface area contributed by atoms with Crippen LogP contribution in [0.5, 0.6) is 11.5 Å². The Morgan fingerprint density at radius 2 is 1.73 bits per heavy atom. The molecule has 0 bridgehead atoms. The molecule has 1 saturated heterocycles. The van der Waals surface area contributed by atoms with Crippen molar-refractivity contribution >= 4 is 38.1 Å². The summed E-state index contributed by atoms with van der Waals surface area (Å²) in [7, 11) is 2.10. The number of nitrogens with one attached hydrogen (secondary N) is 1. The highest BCUT2D eigenvalue weighted by Gasteiger charge is 2.19. The van der Waals surface area contributed by atoms with Gasteiger partial charge in [-0.25, -0.2) is 8.78 Å². The molecule has 5 aromatic rings. The number of pyridine rings is 1. The molecule has 1 aliphatic heterocycles. The summed E-state index contributed by atoms with van der Waals surface area (Å²) in [5.41, 5.74) is 0.293. The SMILES string of the molecule is CN1CCN(c2cc3nccc(Oc4ccc(NC(=O)c5ccnn(-c6ccc(F)cc6)c5=O)cc4F)c3s2)CC1. The first-order chi connectivity index (χ1) is 19.9. The second-order valence-electron chi connectivity index (χ2n) is 9.54. The molecule has 41 heavy (non-hydrogen) atoms. The minimum atomic E-state index is -0.743. The molecule has 1 aliphatic rings. The van der Waals surface area contributed by atoms with E-state index in [1.165, 1.54) is 48.7 Å². The first-order valence-corrected chi connectivity index (χ1v) is 13.6. The van der Waals surface area contributed by atoms with Crippen molar-refractivity contribution in [3.63, 3.8) is 0 Å². The summed E-state index contributed by atoms with van der Waals surface area (Å²) in [6, 6.07) is 14.1. The fourth-order valence-corrected chi connectivity index (χ4v) is 5.61. The van der Waals surface area contributed by atoms with Crippen LogP contribution in [-0.2, 0) is 0 Å². The van der Waals surface area contributed by atoms with E-state index in [4.69, 9.17) is 4.74 Å². The zero-order chi connectivity index (χ0) is 28.5. The van der Waals surface area contributed by atoms with E-state index in [2.05, 4.69) is 32.2 Å². The molecule has 4 heterocycles. The maximum absolute atomic E-state index is 15.1. The number of hydrogen-bond acceptors (Lipinski definition) is 8. The lowest BCUT2D eigenvalue weighted by Crippen LogP contribution is -2.44. The second-order valence-corrected chi connectivity index (χ2v) is 10.6. The van der Waals surface area contributed by atoms with Crippen molar-refractivity contribution < 1.29 is 18.3 Å². The third-order valence-electron chi connectivity index (χ3n) is 6.75. The molecule has 6 rings (SSSR count).